The predicted octanol–water partition coefficient (Wildman–Crippen LogP) is 2.85. The maximum atomic E-state index is 12.5. The van der Waals surface area contributed by atoms with Gasteiger partial charge in [0.1, 0.15) is 0 Å². The van der Waals surface area contributed by atoms with Crippen LogP contribution in [0.25, 0.3) is 0 Å². The molecule has 26 heavy (non-hydrogen) atoms. The highest BCUT2D eigenvalue weighted by atomic mass is 16.2. The normalized spacial score (nSPS) is 14.0. The summed E-state index contributed by atoms with van der Waals surface area (Å²) < 4.78 is 0. The Kier molecular flexibility index (Phi) is 5.46. The molecular weight excluding hydrogens is 328 g/mol. The van der Waals surface area contributed by atoms with Gasteiger partial charge in [-0.15, -0.1) is 0 Å². The Morgan fingerprint density at radius 2 is 1.54 bits per heavy atom. The molecule has 2 aromatic rings. The molecule has 1 heterocycles. The maximum Gasteiger partial charge on any atom is 0.313 e. The number of hydrogen-bond donors (Lipinski definition) is 1. The van der Waals surface area contributed by atoms with E-state index >= 15 is 0 Å². The summed E-state index contributed by atoms with van der Waals surface area (Å²) in [4.78, 5) is 37.7. The zero-order valence-corrected chi connectivity index (χ0v) is 14.8. The summed E-state index contributed by atoms with van der Waals surface area (Å²) >= 11 is 0. The largest absolute Gasteiger partial charge is 0.334 e. The van der Waals surface area contributed by atoms with Gasteiger partial charge in [-0.3, -0.25) is 14.4 Å². The van der Waals surface area contributed by atoms with Crippen LogP contribution in [0.3, 0.4) is 0 Å². The summed E-state index contributed by atoms with van der Waals surface area (Å²) in [5, 5.41) is 2.62. The second-order valence-corrected chi connectivity index (χ2v) is 6.50. The van der Waals surface area contributed by atoms with Crippen molar-refractivity contribution in [2.45, 2.75) is 26.2 Å². The summed E-state index contributed by atoms with van der Waals surface area (Å²) in [6, 6.07) is 14.8. The fraction of sp³-hybridized carbons (Fsp3) is 0.286. The van der Waals surface area contributed by atoms with Crippen molar-refractivity contribution < 1.29 is 14.4 Å². The topological polar surface area (TPSA) is 66.5 Å². The van der Waals surface area contributed by atoms with Crippen LogP contribution in [0.1, 0.15) is 34.8 Å². The molecule has 0 bridgehead atoms. The average molecular weight is 350 g/mol. The Labute approximate surface area is 153 Å². The standard InChI is InChI=1S/C21H22N2O3/c1-15(24)16-8-10-19(11-9-16)22-20(25)21(26)23-13-4-7-17-5-2-3-6-18(17)12-14-23/h2-3,5-6,8-11H,4,7,12-14H2,1H3,(H,22,25). The van der Waals surface area contributed by atoms with Crippen LogP contribution in [0.4, 0.5) is 5.69 Å². The van der Waals surface area contributed by atoms with Gasteiger partial charge in [0.15, 0.2) is 5.78 Å². The predicted molar refractivity (Wildman–Crippen MR) is 100 cm³/mol. The van der Waals surface area contributed by atoms with Gasteiger partial charge in [-0.2, -0.15) is 0 Å². The molecule has 0 saturated heterocycles. The van der Waals surface area contributed by atoms with Crippen molar-refractivity contribution >= 4 is 23.3 Å². The van der Waals surface area contributed by atoms with E-state index in [0.29, 0.717) is 24.3 Å². The molecule has 0 fully saturated rings. The SMILES string of the molecule is CC(=O)c1ccc(NC(=O)C(=O)N2CCCc3ccccc3CC2)cc1. The van der Waals surface area contributed by atoms with E-state index in [0.717, 1.165) is 19.3 Å². The number of aryl methyl sites for hydroxylation is 1. The molecule has 1 aliphatic heterocycles. The minimum atomic E-state index is -0.644. The van der Waals surface area contributed by atoms with E-state index in [9.17, 15) is 14.4 Å². The van der Waals surface area contributed by atoms with Crippen LogP contribution in [-0.4, -0.2) is 35.6 Å². The summed E-state index contributed by atoms with van der Waals surface area (Å²) in [6.07, 6.45) is 2.50. The molecule has 0 spiro atoms. The van der Waals surface area contributed by atoms with Crippen molar-refractivity contribution in [2.24, 2.45) is 0 Å². The third-order valence-electron chi connectivity index (χ3n) is 4.67. The van der Waals surface area contributed by atoms with Crippen molar-refractivity contribution in [2.75, 3.05) is 18.4 Å². The second-order valence-electron chi connectivity index (χ2n) is 6.50. The van der Waals surface area contributed by atoms with Gasteiger partial charge in [0.05, 0.1) is 0 Å². The Balaban J connectivity index is 1.63. The Bertz CT molecular complexity index is 827. The van der Waals surface area contributed by atoms with Gasteiger partial charge in [-0.1, -0.05) is 24.3 Å². The second kappa shape index (κ2) is 7.95. The quantitative estimate of drug-likeness (QED) is 0.669. The number of anilines is 1. The first-order valence-corrected chi connectivity index (χ1v) is 8.82. The zero-order valence-electron chi connectivity index (χ0n) is 14.8. The zero-order chi connectivity index (χ0) is 18.5. The molecule has 1 aliphatic rings. The molecule has 2 aromatic carbocycles. The molecule has 3 rings (SSSR count). The molecular formula is C21H22N2O3. The number of nitrogens with zero attached hydrogens (tertiary/aromatic N) is 1. The molecule has 0 unspecified atom stereocenters. The highest BCUT2D eigenvalue weighted by molar-refractivity contribution is 6.39. The van der Waals surface area contributed by atoms with Crippen LogP contribution >= 0.6 is 0 Å². The Morgan fingerprint density at radius 1 is 0.885 bits per heavy atom. The number of ketones is 1. The lowest BCUT2D eigenvalue weighted by molar-refractivity contribution is -0.143. The minimum absolute atomic E-state index is 0.0418. The molecule has 134 valence electrons. The molecule has 0 aliphatic carbocycles. The number of benzene rings is 2. The molecule has 2 amide bonds. The van der Waals surface area contributed by atoms with E-state index in [-0.39, 0.29) is 5.78 Å². The van der Waals surface area contributed by atoms with Crippen LogP contribution in [0, 0.1) is 0 Å². The molecule has 0 radical (unpaired) electrons. The summed E-state index contributed by atoms with van der Waals surface area (Å²) in [5.74, 6) is -1.20. The van der Waals surface area contributed by atoms with Crippen molar-refractivity contribution in [3.63, 3.8) is 0 Å². The molecule has 0 aromatic heterocycles. The van der Waals surface area contributed by atoms with Crippen molar-refractivity contribution in [1.82, 2.24) is 4.90 Å². The van der Waals surface area contributed by atoms with Crippen LogP contribution in [-0.2, 0) is 22.4 Å². The Hall–Kier alpha value is -2.95. The van der Waals surface area contributed by atoms with E-state index in [2.05, 4.69) is 17.4 Å². The smallest absolute Gasteiger partial charge is 0.313 e. The van der Waals surface area contributed by atoms with Crippen molar-refractivity contribution in [3.05, 3.63) is 65.2 Å². The number of carbonyl (C=O) groups is 3. The highest BCUT2D eigenvalue weighted by Gasteiger charge is 2.23. The maximum absolute atomic E-state index is 12.5. The monoisotopic (exact) mass is 350 g/mol. The van der Waals surface area contributed by atoms with Gasteiger partial charge in [0, 0.05) is 24.3 Å². The van der Waals surface area contributed by atoms with Gasteiger partial charge in [0.2, 0.25) is 0 Å². The van der Waals surface area contributed by atoms with E-state index in [4.69, 9.17) is 0 Å². The van der Waals surface area contributed by atoms with Crippen molar-refractivity contribution in [1.29, 1.82) is 0 Å². The number of fused-ring (bicyclic) bond motifs is 1. The van der Waals surface area contributed by atoms with Crippen LogP contribution in [0.5, 0.6) is 0 Å². The van der Waals surface area contributed by atoms with Crippen LogP contribution in [0.15, 0.2) is 48.5 Å². The lowest BCUT2D eigenvalue weighted by atomic mass is 9.98. The molecule has 0 atom stereocenters. The van der Waals surface area contributed by atoms with Crippen LogP contribution in [0.2, 0.25) is 0 Å². The highest BCUT2D eigenvalue weighted by Crippen LogP contribution is 2.16. The van der Waals surface area contributed by atoms with E-state index < -0.39 is 11.8 Å². The first-order chi connectivity index (χ1) is 12.5. The lowest BCUT2D eigenvalue weighted by Crippen LogP contribution is -2.42. The molecule has 5 heteroatoms. The molecule has 0 saturated carbocycles. The average Bonchev–Trinajstić information content (AvgIpc) is 2.62. The number of hydrogen-bond acceptors (Lipinski definition) is 3. The minimum Gasteiger partial charge on any atom is -0.334 e. The summed E-state index contributed by atoms with van der Waals surface area (Å²) in [5.41, 5.74) is 3.64. The van der Waals surface area contributed by atoms with E-state index in [1.165, 1.54) is 18.1 Å². The first-order valence-electron chi connectivity index (χ1n) is 8.82. The van der Waals surface area contributed by atoms with Crippen molar-refractivity contribution in [3.8, 4) is 0 Å². The van der Waals surface area contributed by atoms with E-state index in [1.54, 1.807) is 29.2 Å². The third kappa shape index (κ3) is 4.17. The summed E-state index contributed by atoms with van der Waals surface area (Å²) in [6.45, 7) is 2.59. The van der Waals surface area contributed by atoms with E-state index in [1.807, 2.05) is 12.1 Å². The molecule has 1 N–H and O–H groups in total. The number of nitrogens with one attached hydrogen (secondary N) is 1. The number of carbonyl (C=O) groups excluding carboxylic acids is 3. The number of amides is 2. The fourth-order valence-electron chi connectivity index (χ4n) is 3.19. The number of Topliss-reactive ketones (excluding diaryl/α,β-unsaturated/α-hetero) is 1. The summed E-state index contributed by atoms with van der Waals surface area (Å²) in [7, 11) is 0. The number of rotatable bonds is 2. The molecule has 5 nitrogen and oxygen atoms in total. The van der Waals surface area contributed by atoms with Gasteiger partial charge in [-0.25, -0.2) is 0 Å². The third-order valence-corrected chi connectivity index (χ3v) is 4.67. The van der Waals surface area contributed by atoms with Gasteiger partial charge < -0.3 is 10.2 Å². The first kappa shape index (κ1) is 17.9. The van der Waals surface area contributed by atoms with Crippen LogP contribution < -0.4 is 5.32 Å². The lowest BCUT2D eigenvalue weighted by Gasteiger charge is -2.25. The van der Waals surface area contributed by atoms with Gasteiger partial charge in [0.25, 0.3) is 0 Å². The van der Waals surface area contributed by atoms with Gasteiger partial charge >= 0.3 is 11.8 Å². The van der Waals surface area contributed by atoms with Gasteiger partial charge in [-0.05, 0) is 61.6 Å². The Morgan fingerprint density at radius 3 is 2.19 bits per heavy atom. The fourth-order valence-corrected chi connectivity index (χ4v) is 3.19.